The van der Waals surface area contributed by atoms with Crippen LogP contribution in [-0.2, 0) is 6.42 Å². The van der Waals surface area contributed by atoms with Crippen LogP contribution in [0.3, 0.4) is 0 Å². The number of amides is 2. The molecule has 0 atom stereocenters. The fourth-order valence-corrected chi connectivity index (χ4v) is 4.07. The van der Waals surface area contributed by atoms with Gasteiger partial charge in [-0.15, -0.1) is 0 Å². The zero-order chi connectivity index (χ0) is 23.5. The average molecular weight is 486 g/mol. The number of hydrazone groups is 1. The normalized spacial score (nSPS) is 14.0. The summed E-state index contributed by atoms with van der Waals surface area (Å²) in [5.41, 5.74) is 5.47. The van der Waals surface area contributed by atoms with E-state index < -0.39 is 5.91 Å². The average Bonchev–Trinajstić information content (AvgIpc) is 3.17. The van der Waals surface area contributed by atoms with Crippen molar-refractivity contribution < 1.29 is 18.7 Å². The van der Waals surface area contributed by atoms with E-state index in [9.17, 15) is 9.59 Å². The second-order valence-corrected chi connectivity index (χ2v) is 8.28. The summed E-state index contributed by atoms with van der Waals surface area (Å²) in [6, 6.07) is 11.8. The lowest BCUT2D eigenvalue weighted by Crippen LogP contribution is -2.22. The minimum absolute atomic E-state index is 0.171. The molecule has 0 saturated heterocycles. The van der Waals surface area contributed by atoms with E-state index in [1.54, 1.807) is 49.4 Å². The van der Waals surface area contributed by atoms with Crippen molar-refractivity contribution in [3.8, 4) is 5.75 Å². The van der Waals surface area contributed by atoms with Gasteiger partial charge < -0.3 is 14.5 Å². The number of fused-ring (bicyclic) bond motifs is 1. The first-order valence-corrected chi connectivity index (χ1v) is 11.0. The highest BCUT2D eigenvalue weighted by molar-refractivity contribution is 6.44. The van der Waals surface area contributed by atoms with Gasteiger partial charge in [0.25, 0.3) is 11.8 Å². The molecule has 3 aromatic rings. The highest BCUT2D eigenvalue weighted by Gasteiger charge is 2.28. The lowest BCUT2D eigenvalue weighted by Gasteiger charge is -2.13. The smallest absolute Gasteiger partial charge is 0.291 e. The van der Waals surface area contributed by atoms with E-state index in [1.165, 1.54) is 7.11 Å². The molecule has 4 rings (SSSR count). The number of hydrogen-bond acceptors (Lipinski definition) is 5. The molecule has 9 heteroatoms. The molecule has 0 spiro atoms. The molecule has 1 aromatic heterocycles. The van der Waals surface area contributed by atoms with E-state index >= 15 is 0 Å². The SMILES string of the molecule is COc1cccc(C(=O)N/N=C2\CCCc3oc(C(=O)Nc4cccc(Cl)c4Cl)c(C)c32)c1. The van der Waals surface area contributed by atoms with Crippen molar-refractivity contribution in [3.63, 3.8) is 0 Å². The second-order valence-electron chi connectivity index (χ2n) is 7.49. The van der Waals surface area contributed by atoms with Crippen LogP contribution in [0.1, 0.15) is 50.6 Å². The van der Waals surface area contributed by atoms with Gasteiger partial charge in [0.05, 0.1) is 28.6 Å². The van der Waals surface area contributed by atoms with Crippen molar-refractivity contribution in [1.82, 2.24) is 5.43 Å². The van der Waals surface area contributed by atoms with E-state index in [1.807, 2.05) is 0 Å². The molecule has 0 saturated carbocycles. The Balaban J connectivity index is 1.57. The third kappa shape index (κ3) is 4.74. The summed E-state index contributed by atoms with van der Waals surface area (Å²) in [4.78, 5) is 25.5. The van der Waals surface area contributed by atoms with Gasteiger partial charge >= 0.3 is 0 Å². The molecule has 1 aliphatic carbocycles. The van der Waals surface area contributed by atoms with Crippen LogP contribution in [-0.4, -0.2) is 24.6 Å². The van der Waals surface area contributed by atoms with Crippen molar-refractivity contribution in [3.05, 3.63) is 80.7 Å². The molecule has 0 fully saturated rings. The molecule has 170 valence electrons. The van der Waals surface area contributed by atoms with Gasteiger partial charge in [0.1, 0.15) is 11.5 Å². The molecule has 2 amide bonds. The highest BCUT2D eigenvalue weighted by Crippen LogP contribution is 2.33. The van der Waals surface area contributed by atoms with E-state index in [0.717, 1.165) is 12.0 Å². The lowest BCUT2D eigenvalue weighted by molar-refractivity contribution is 0.0953. The number of nitrogens with one attached hydrogen (secondary N) is 2. The predicted octanol–water partition coefficient (Wildman–Crippen LogP) is 5.63. The molecule has 1 aliphatic rings. The molecule has 2 aromatic carbocycles. The third-order valence-corrected chi connectivity index (χ3v) is 6.17. The number of carbonyl (C=O) groups is 2. The number of halogens is 2. The van der Waals surface area contributed by atoms with E-state index in [2.05, 4.69) is 15.8 Å². The second kappa shape index (κ2) is 9.68. The molecule has 1 heterocycles. The molecule has 0 unspecified atom stereocenters. The van der Waals surface area contributed by atoms with E-state index in [4.69, 9.17) is 32.4 Å². The quantitative estimate of drug-likeness (QED) is 0.458. The first kappa shape index (κ1) is 22.9. The van der Waals surface area contributed by atoms with Crippen molar-refractivity contribution in [2.45, 2.75) is 26.2 Å². The van der Waals surface area contributed by atoms with Gasteiger partial charge in [-0.2, -0.15) is 5.10 Å². The van der Waals surface area contributed by atoms with Crippen LogP contribution in [0.25, 0.3) is 0 Å². The Morgan fingerprint density at radius 2 is 1.88 bits per heavy atom. The van der Waals surface area contributed by atoms with Crippen LogP contribution in [0.15, 0.2) is 52.0 Å². The number of anilines is 1. The van der Waals surface area contributed by atoms with E-state index in [0.29, 0.717) is 51.9 Å². The Morgan fingerprint density at radius 3 is 2.67 bits per heavy atom. The maximum absolute atomic E-state index is 12.9. The summed E-state index contributed by atoms with van der Waals surface area (Å²) in [5, 5.41) is 7.68. The first-order chi connectivity index (χ1) is 15.9. The number of ether oxygens (including phenoxy) is 1. The van der Waals surface area contributed by atoms with Gasteiger partial charge in [-0.25, -0.2) is 5.43 Å². The Hall–Kier alpha value is -3.29. The van der Waals surface area contributed by atoms with E-state index in [-0.39, 0.29) is 16.7 Å². The summed E-state index contributed by atoms with van der Waals surface area (Å²) in [7, 11) is 1.54. The maximum atomic E-state index is 12.9. The molecule has 33 heavy (non-hydrogen) atoms. The largest absolute Gasteiger partial charge is 0.497 e. The summed E-state index contributed by atoms with van der Waals surface area (Å²) in [6.07, 6.45) is 2.10. The Morgan fingerprint density at radius 1 is 1.09 bits per heavy atom. The van der Waals surface area contributed by atoms with Crippen LogP contribution in [0.2, 0.25) is 10.0 Å². The zero-order valence-corrected chi connectivity index (χ0v) is 19.5. The summed E-state index contributed by atoms with van der Waals surface area (Å²) in [5.74, 6) is 0.616. The van der Waals surface area contributed by atoms with Crippen LogP contribution in [0.5, 0.6) is 5.75 Å². The van der Waals surface area contributed by atoms with Gasteiger partial charge in [-0.3, -0.25) is 9.59 Å². The van der Waals surface area contributed by atoms with Crippen molar-refractivity contribution >= 4 is 46.4 Å². The molecule has 0 radical (unpaired) electrons. The van der Waals surface area contributed by atoms with Crippen LogP contribution >= 0.6 is 23.2 Å². The standard InChI is InChI=1S/C24H21Cl2N3O4/c1-13-20-17(28-29-23(30)14-6-3-7-15(12-14)32-2)9-5-11-19(20)33-22(13)24(31)27-18-10-4-8-16(25)21(18)26/h3-4,6-8,10,12H,5,9,11H2,1-2H3,(H,27,31)(H,29,30)/b28-17+. The van der Waals surface area contributed by atoms with Gasteiger partial charge in [0, 0.05) is 23.1 Å². The zero-order valence-electron chi connectivity index (χ0n) is 18.0. The minimum atomic E-state index is -0.439. The minimum Gasteiger partial charge on any atom is -0.497 e. The monoisotopic (exact) mass is 485 g/mol. The first-order valence-electron chi connectivity index (χ1n) is 10.3. The van der Waals surface area contributed by atoms with Gasteiger partial charge in [-0.05, 0) is 50.1 Å². The molecular weight excluding hydrogens is 465 g/mol. The highest BCUT2D eigenvalue weighted by atomic mass is 35.5. The molecular formula is C24H21Cl2N3O4. The van der Waals surface area contributed by atoms with Gasteiger partial charge in [0.15, 0.2) is 5.76 Å². The number of benzene rings is 2. The topological polar surface area (TPSA) is 92.9 Å². The van der Waals surface area contributed by atoms with Gasteiger partial charge in [0.2, 0.25) is 0 Å². The Kier molecular flexibility index (Phi) is 6.72. The van der Waals surface area contributed by atoms with Crippen LogP contribution < -0.4 is 15.5 Å². The number of furan rings is 1. The number of carbonyl (C=O) groups excluding carboxylic acids is 2. The lowest BCUT2D eigenvalue weighted by atomic mass is 9.93. The Bertz CT molecular complexity index is 1270. The van der Waals surface area contributed by atoms with Gasteiger partial charge in [-0.1, -0.05) is 35.3 Å². The molecule has 0 bridgehead atoms. The number of rotatable bonds is 5. The van der Waals surface area contributed by atoms with Crippen molar-refractivity contribution in [1.29, 1.82) is 0 Å². The number of methoxy groups -OCH3 is 1. The number of aryl methyl sites for hydroxylation is 1. The maximum Gasteiger partial charge on any atom is 0.291 e. The molecule has 0 aliphatic heterocycles. The number of nitrogens with zero attached hydrogens (tertiary/aromatic N) is 1. The van der Waals surface area contributed by atoms with Crippen LogP contribution in [0.4, 0.5) is 5.69 Å². The third-order valence-electron chi connectivity index (χ3n) is 5.36. The van der Waals surface area contributed by atoms with Crippen molar-refractivity contribution in [2.24, 2.45) is 5.10 Å². The fourth-order valence-electron chi connectivity index (χ4n) is 3.72. The molecule has 2 N–H and O–H groups in total. The van der Waals surface area contributed by atoms with Crippen molar-refractivity contribution in [2.75, 3.05) is 12.4 Å². The number of hydrogen-bond donors (Lipinski definition) is 2. The van der Waals surface area contributed by atoms with Crippen LogP contribution in [0, 0.1) is 6.92 Å². The molecule has 7 nitrogen and oxygen atoms in total. The Labute approximate surface area is 200 Å². The predicted molar refractivity (Wildman–Crippen MR) is 128 cm³/mol. The summed E-state index contributed by atoms with van der Waals surface area (Å²) >= 11 is 12.2. The fraction of sp³-hybridized carbons (Fsp3) is 0.208. The summed E-state index contributed by atoms with van der Waals surface area (Å²) in [6.45, 7) is 1.79. The summed E-state index contributed by atoms with van der Waals surface area (Å²) < 4.78 is 11.1.